The smallest absolute Gasteiger partial charge is 0.194 e. The van der Waals surface area contributed by atoms with Crippen LogP contribution >= 0.6 is 0 Å². The number of carbonyl (C=O) groups is 1. The minimum atomic E-state index is -0.351. The lowest BCUT2D eigenvalue weighted by Crippen LogP contribution is -2.08. The van der Waals surface area contributed by atoms with E-state index in [4.69, 9.17) is 10.5 Å². The fourth-order valence-electron chi connectivity index (χ4n) is 2.02. The zero-order chi connectivity index (χ0) is 12.5. The number of Topliss-reactive ketones (excluding diaryl/α,β-unsaturated/α-hetero) is 1. The third-order valence-electron chi connectivity index (χ3n) is 3.07. The average molecular weight is 239 g/mol. The molecular formula is C15H13NO2. The molecule has 90 valence electrons. The Morgan fingerprint density at radius 1 is 1.00 bits per heavy atom. The van der Waals surface area contributed by atoms with Crippen molar-refractivity contribution in [3.05, 3.63) is 65.7 Å². The van der Waals surface area contributed by atoms with Crippen molar-refractivity contribution in [1.82, 2.24) is 0 Å². The van der Waals surface area contributed by atoms with Crippen molar-refractivity contribution in [3.63, 3.8) is 0 Å². The van der Waals surface area contributed by atoms with Gasteiger partial charge in [0.1, 0.15) is 6.10 Å². The first-order valence-corrected chi connectivity index (χ1v) is 5.86. The summed E-state index contributed by atoms with van der Waals surface area (Å²) in [7, 11) is 0. The van der Waals surface area contributed by atoms with E-state index in [1.54, 1.807) is 24.3 Å². The van der Waals surface area contributed by atoms with E-state index in [0.29, 0.717) is 11.3 Å². The molecule has 18 heavy (non-hydrogen) atoms. The van der Waals surface area contributed by atoms with Gasteiger partial charge in [-0.2, -0.15) is 0 Å². The summed E-state index contributed by atoms with van der Waals surface area (Å²) >= 11 is 0. The predicted octanol–water partition coefficient (Wildman–Crippen LogP) is 2.59. The summed E-state index contributed by atoms with van der Waals surface area (Å²) in [5.74, 6) is 0.0175. The third-order valence-corrected chi connectivity index (χ3v) is 3.07. The second-order valence-electron chi connectivity index (χ2n) is 4.37. The molecule has 0 amide bonds. The number of hydrogen-bond acceptors (Lipinski definition) is 3. The molecule has 2 unspecified atom stereocenters. The molecule has 2 aromatic carbocycles. The first-order valence-electron chi connectivity index (χ1n) is 5.86. The van der Waals surface area contributed by atoms with Crippen LogP contribution in [0.25, 0.3) is 0 Å². The number of anilines is 1. The van der Waals surface area contributed by atoms with Crippen LogP contribution in [-0.4, -0.2) is 11.9 Å². The molecule has 0 spiro atoms. The summed E-state index contributed by atoms with van der Waals surface area (Å²) in [6, 6.07) is 16.7. The number of ketones is 1. The van der Waals surface area contributed by atoms with Crippen LogP contribution in [-0.2, 0) is 4.74 Å². The average Bonchev–Trinajstić information content (AvgIpc) is 3.20. The Morgan fingerprint density at radius 3 is 2.33 bits per heavy atom. The first-order chi connectivity index (χ1) is 8.75. The minimum Gasteiger partial charge on any atom is -0.399 e. The largest absolute Gasteiger partial charge is 0.399 e. The van der Waals surface area contributed by atoms with Gasteiger partial charge >= 0.3 is 0 Å². The van der Waals surface area contributed by atoms with Gasteiger partial charge in [0.15, 0.2) is 11.9 Å². The summed E-state index contributed by atoms with van der Waals surface area (Å²) < 4.78 is 5.47. The highest BCUT2D eigenvalue weighted by molar-refractivity contribution is 6.01. The summed E-state index contributed by atoms with van der Waals surface area (Å²) in [6.07, 6.45) is -0.452. The fraction of sp³-hybridized carbons (Fsp3) is 0.133. The van der Waals surface area contributed by atoms with E-state index in [0.717, 1.165) is 5.56 Å². The van der Waals surface area contributed by atoms with Gasteiger partial charge in [0.2, 0.25) is 0 Å². The number of rotatable bonds is 3. The molecule has 2 N–H and O–H groups in total. The molecule has 0 radical (unpaired) electrons. The number of ether oxygens (including phenoxy) is 1. The Bertz CT molecular complexity index is 563. The number of nitrogen functional groups attached to an aromatic ring is 1. The Labute approximate surface area is 105 Å². The highest BCUT2D eigenvalue weighted by Gasteiger charge is 2.45. The molecule has 1 heterocycles. The Morgan fingerprint density at radius 2 is 1.67 bits per heavy atom. The standard InChI is InChI=1S/C15H13NO2/c16-12-8-6-10(7-9-12)13(17)15-14(18-15)11-4-2-1-3-5-11/h1-9,14-15H,16H2. The molecule has 3 heteroatoms. The molecule has 3 rings (SSSR count). The lowest BCUT2D eigenvalue weighted by molar-refractivity contribution is 0.0953. The van der Waals surface area contributed by atoms with Gasteiger partial charge in [0.05, 0.1) is 0 Å². The van der Waals surface area contributed by atoms with E-state index in [1.807, 2.05) is 30.3 Å². The zero-order valence-electron chi connectivity index (χ0n) is 9.74. The quantitative estimate of drug-likeness (QED) is 0.509. The van der Waals surface area contributed by atoms with Crippen LogP contribution in [0, 0.1) is 0 Å². The van der Waals surface area contributed by atoms with E-state index in [9.17, 15) is 4.79 Å². The molecule has 1 fully saturated rings. The van der Waals surface area contributed by atoms with Crippen molar-refractivity contribution < 1.29 is 9.53 Å². The predicted molar refractivity (Wildman–Crippen MR) is 69.2 cm³/mol. The van der Waals surface area contributed by atoms with Gasteiger partial charge in [0, 0.05) is 11.3 Å². The van der Waals surface area contributed by atoms with Crippen LogP contribution in [0.15, 0.2) is 54.6 Å². The van der Waals surface area contributed by atoms with Gasteiger partial charge in [-0.05, 0) is 29.8 Å². The SMILES string of the molecule is Nc1ccc(C(=O)C2OC2c2ccccc2)cc1. The van der Waals surface area contributed by atoms with Crippen molar-refractivity contribution in [2.45, 2.75) is 12.2 Å². The van der Waals surface area contributed by atoms with Crippen molar-refractivity contribution >= 4 is 11.5 Å². The normalized spacial score (nSPS) is 21.6. The molecule has 2 atom stereocenters. The van der Waals surface area contributed by atoms with Gasteiger partial charge in [-0.1, -0.05) is 30.3 Å². The second-order valence-corrected chi connectivity index (χ2v) is 4.37. The molecule has 1 aliphatic heterocycles. The zero-order valence-corrected chi connectivity index (χ0v) is 9.74. The monoisotopic (exact) mass is 239 g/mol. The number of benzene rings is 2. The third kappa shape index (κ3) is 2.00. The van der Waals surface area contributed by atoms with E-state index in [2.05, 4.69) is 0 Å². The molecule has 1 aliphatic rings. The van der Waals surface area contributed by atoms with Crippen LogP contribution in [0.4, 0.5) is 5.69 Å². The van der Waals surface area contributed by atoms with Gasteiger partial charge in [-0.15, -0.1) is 0 Å². The molecule has 2 aromatic rings. The van der Waals surface area contributed by atoms with E-state index < -0.39 is 0 Å². The maximum Gasteiger partial charge on any atom is 0.194 e. The van der Waals surface area contributed by atoms with Crippen molar-refractivity contribution in [1.29, 1.82) is 0 Å². The van der Waals surface area contributed by atoms with Crippen LogP contribution in [0.1, 0.15) is 22.0 Å². The maximum absolute atomic E-state index is 12.1. The number of nitrogens with two attached hydrogens (primary N) is 1. The van der Waals surface area contributed by atoms with Crippen LogP contribution in [0.2, 0.25) is 0 Å². The van der Waals surface area contributed by atoms with Crippen molar-refractivity contribution in [3.8, 4) is 0 Å². The van der Waals surface area contributed by atoms with Gasteiger partial charge < -0.3 is 10.5 Å². The van der Waals surface area contributed by atoms with Crippen LogP contribution in [0.3, 0.4) is 0 Å². The Kier molecular flexibility index (Phi) is 2.61. The molecule has 0 bridgehead atoms. The van der Waals surface area contributed by atoms with Crippen LogP contribution in [0.5, 0.6) is 0 Å². The van der Waals surface area contributed by atoms with E-state index in [-0.39, 0.29) is 18.0 Å². The van der Waals surface area contributed by atoms with Gasteiger partial charge in [-0.3, -0.25) is 4.79 Å². The minimum absolute atomic E-state index is 0.0175. The number of hydrogen-bond donors (Lipinski definition) is 1. The lowest BCUT2D eigenvalue weighted by Gasteiger charge is -1.98. The van der Waals surface area contributed by atoms with Crippen molar-refractivity contribution in [2.75, 3.05) is 5.73 Å². The number of carbonyl (C=O) groups excluding carboxylic acids is 1. The number of epoxide rings is 1. The first kappa shape index (κ1) is 11.0. The van der Waals surface area contributed by atoms with Crippen molar-refractivity contribution in [2.24, 2.45) is 0 Å². The highest BCUT2D eigenvalue weighted by atomic mass is 16.6. The van der Waals surface area contributed by atoms with Gasteiger partial charge in [0.25, 0.3) is 0 Å². The van der Waals surface area contributed by atoms with Crippen LogP contribution < -0.4 is 5.73 Å². The second kappa shape index (κ2) is 4.27. The molecule has 3 nitrogen and oxygen atoms in total. The lowest BCUT2D eigenvalue weighted by atomic mass is 10.0. The molecule has 0 saturated carbocycles. The summed E-state index contributed by atoms with van der Waals surface area (Å²) in [4.78, 5) is 12.1. The Balaban J connectivity index is 1.75. The molecule has 0 aromatic heterocycles. The summed E-state index contributed by atoms with van der Waals surface area (Å²) in [5.41, 5.74) is 7.94. The Hall–Kier alpha value is -2.13. The summed E-state index contributed by atoms with van der Waals surface area (Å²) in [5, 5.41) is 0. The van der Waals surface area contributed by atoms with E-state index >= 15 is 0 Å². The maximum atomic E-state index is 12.1. The van der Waals surface area contributed by atoms with E-state index in [1.165, 1.54) is 0 Å². The summed E-state index contributed by atoms with van der Waals surface area (Å²) in [6.45, 7) is 0. The molecule has 0 aliphatic carbocycles. The topological polar surface area (TPSA) is 55.6 Å². The fourth-order valence-corrected chi connectivity index (χ4v) is 2.02. The highest BCUT2D eigenvalue weighted by Crippen LogP contribution is 2.40. The van der Waals surface area contributed by atoms with Gasteiger partial charge in [-0.25, -0.2) is 0 Å². The molecule has 1 saturated heterocycles. The molecular weight excluding hydrogens is 226 g/mol.